The van der Waals surface area contributed by atoms with E-state index in [1.165, 1.54) is 64.2 Å². The molecule has 0 aliphatic heterocycles. The van der Waals surface area contributed by atoms with Crippen LogP contribution in [-0.2, 0) is 42.7 Å². The average molecular weight is 747 g/mol. The molecule has 0 fully saturated rings. The van der Waals surface area contributed by atoms with Crippen molar-refractivity contribution < 1.29 is 69.4 Å². The quantitative estimate of drug-likeness (QED) is 0.0175. The predicted octanol–water partition coefficient (Wildman–Crippen LogP) is 7.12. The van der Waals surface area contributed by atoms with Crippen molar-refractivity contribution in [2.45, 2.75) is 84.0 Å². The van der Waals surface area contributed by atoms with Gasteiger partial charge in [0.1, 0.15) is 0 Å². The second-order valence-corrected chi connectivity index (χ2v) is 11.6. The van der Waals surface area contributed by atoms with Crippen LogP contribution in [0.25, 0.3) is 0 Å². The molecule has 0 aliphatic carbocycles. The van der Waals surface area contributed by atoms with Crippen LogP contribution in [-0.4, -0.2) is 112 Å². The molecule has 1 aromatic rings. The Kier molecular flexibility index (Phi) is 31.2. The smallest absolute Gasteiger partial charge is 0.313 e. The lowest BCUT2D eigenvalue weighted by Gasteiger charge is -2.09. The van der Waals surface area contributed by atoms with Crippen molar-refractivity contribution in [2.24, 2.45) is 0 Å². The molecule has 0 spiro atoms. The van der Waals surface area contributed by atoms with Gasteiger partial charge in [0.15, 0.2) is 0 Å². The molecule has 0 radical (unpaired) electrons. The molecule has 51 heavy (non-hydrogen) atoms. The first-order chi connectivity index (χ1) is 24.9. The van der Waals surface area contributed by atoms with Crippen LogP contribution in [0.15, 0.2) is 0 Å². The van der Waals surface area contributed by atoms with Crippen LogP contribution in [0.4, 0.5) is 22.0 Å². The van der Waals surface area contributed by atoms with E-state index in [9.17, 15) is 26.7 Å². The van der Waals surface area contributed by atoms with Crippen molar-refractivity contribution in [2.75, 3.05) is 106 Å². The molecule has 15 heteroatoms. The summed E-state index contributed by atoms with van der Waals surface area (Å²) in [5, 5.41) is 0. The first kappa shape index (κ1) is 47.0. The lowest BCUT2D eigenvalue weighted by Crippen LogP contribution is -2.16. The highest BCUT2D eigenvalue weighted by molar-refractivity contribution is 5.72. The van der Waals surface area contributed by atoms with Crippen molar-refractivity contribution in [1.82, 2.24) is 0 Å². The Balaban J connectivity index is 1.73. The summed E-state index contributed by atoms with van der Waals surface area (Å²) >= 11 is 0. The Morgan fingerprint density at radius 1 is 0.373 bits per heavy atom. The Labute approximate surface area is 299 Å². The molecule has 0 saturated carbocycles. The number of carbonyl (C=O) groups is 1. The molecule has 0 bridgehead atoms. The molecule has 0 aromatic heterocycles. The zero-order valence-electron chi connectivity index (χ0n) is 30.3. The molecule has 0 N–H and O–H groups in total. The molecule has 298 valence electrons. The van der Waals surface area contributed by atoms with Crippen LogP contribution in [0.1, 0.15) is 84.0 Å². The Bertz CT molecular complexity index is 963. The minimum absolute atomic E-state index is 0.0900. The number of hydrogen-bond donors (Lipinski definition) is 0. The van der Waals surface area contributed by atoms with Crippen LogP contribution >= 0.6 is 0 Å². The highest BCUT2D eigenvalue weighted by Crippen LogP contribution is 2.29. The maximum Gasteiger partial charge on any atom is 0.313 e. The largest absolute Gasteiger partial charge is 0.420 e. The predicted molar refractivity (Wildman–Crippen MR) is 179 cm³/mol. The second kappa shape index (κ2) is 33.8. The summed E-state index contributed by atoms with van der Waals surface area (Å²) in [6, 6.07) is 0. The van der Waals surface area contributed by atoms with Crippen LogP contribution in [0.3, 0.4) is 0 Å². The molecular weight excluding hydrogens is 687 g/mol. The van der Waals surface area contributed by atoms with Gasteiger partial charge < -0.3 is 42.6 Å². The maximum atomic E-state index is 13.5. The number of hydrogen-bond acceptors (Lipinski definition) is 10. The monoisotopic (exact) mass is 746 g/mol. The Hall–Kier alpha value is -1.98. The van der Waals surface area contributed by atoms with Gasteiger partial charge in [0.05, 0.1) is 106 Å². The number of esters is 1. The van der Waals surface area contributed by atoms with Gasteiger partial charge in [-0.15, -0.1) is 0 Å². The number of halogens is 5. The van der Waals surface area contributed by atoms with Gasteiger partial charge in [-0.2, -0.15) is 8.78 Å². The third kappa shape index (κ3) is 25.6. The summed E-state index contributed by atoms with van der Waals surface area (Å²) in [5.74, 6) is -14.1. The number of unbranched alkanes of at least 4 members (excludes halogenated alkanes) is 10. The standard InChI is InChI=1S/C36H59F5O10/c1-2-3-4-5-6-7-8-9-10-11-12-14-43-16-18-45-20-22-47-24-26-49-28-29-50-27-25-48-23-21-46-19-17-44-15-13-30(42)51-36-34(40)32(38)31(37)33(39)35(36)41/h2-29H2,1H3. The van der Waals surface area contributed by atoms with Gasteiger partial charge in [-0.05, 0) is 6.42 Å². The minimum Gasteiger partial charge on any atom is -0.420 e. The topological polar surface area (TPSA) is 100 Å². The van der Waals surface area contributed by atoms with Crippen molar-refractivity contribution in [3.63, 3.8) is 0 Å². The number of carbonyl (C=O) groups excluding carboxylic acids is 1. The molecule has 0 heterocycles. The Morgan fingerprint density at radius 2 is 0.647 bits per heavy atom. The van der Waals surface area contributed by atoms with E-state index in [0.717, 1.165) is 13.0 Å². The maximum absolute atomic E-state index is 13.5. The van der Waals surface area contributed by atoms with Gasteiger partial charge in [-0.1, -0.05) is 71.1 Å². The third-order valence-electron chi connectivity index (χ3n) is 7.33. The van der Waals surface area contributed by atoms with Gasteiger partial charge in [0, 0.05) is 6.61 Å². The highest BCUT2D eigenvalue weighted by Gasteiger charge is 2.28. The van der Waals surface area contributed by atoms with Crippen LogP contribution in [0.2, 0.25) is 0 Å². The first-order valence-corrected chi connectivity index (χ1v) is 18.2. The lowest BCUT2D eigenvalue weighted by atomic mass is 10.1. The van der Waals surface area contributed by atoms with Crippen LogP contribution in [0, 0.1) is 29.1 Å². The summed E-state index contributed by atoms with van der Waals surface area (Å²) in [6.45, 7) is 8.48. The number of benzene rings is 1. The molecule has 0 saturated heterocycles. The lowest BCUT2D eigenvalue weighted by molar-refractivity contribution is -0.136. The van der Waals surface area contributed by atoms with Gasteiger partial charge >= 0.3 is 5.97 Å². The van der Waals surface area contributed by atoms with E-state index >= 15 is 0 Å². The van der Waals surface area contributed by atoms with Crippen LogP contribution in [0.5, 0.6) is 5.75 Å². The van der Waals surface area contributed by atoms with E-state index in [0.29, 0.717) is 72.7 Å². The van der Waals surface area contributed by atoms with E-state index in [-0.39, 0.29) is 26.4 Å². The molecule has 0 aliphatic rings. The summed E-state index contributed by atoms with van der Waals surface area (Å²) < 4.78 is 114. The molecular formula is C36H59F5O10. The van der Waals surface area contributed by atoms with Crippen molar-refractivity contribution in [3.8, 4) is 5.75 Å². The van der Waals surface area contributed by atoms with Gasteiger partial charge in [0.25, 0.3) is 0 Å². The molecule has 0 unspecified atom stereocenters. The highest BCUT2D eigenvalue weighted by atomic mass is 19.2. The average Bonchev–Trinajstić information content (AvgIpc) is 3.13. The number of rotatable bonds is 37. The summed E-state index contributed by atoms with van der Waals surface area (Å²) in [6.07, 6.45) is 14.1. The normalized spacial score (nSPS) is 11.5. The number of ether oxygens (including phenoxy) is 9. The van der Waals surface area contributed by atoms with Crippen LogP contribution < -0.4 is 4.74 Å². The zero-order valence-corrected chi connectivity index (χ0v) is 30.3. The van der Waals surface area contributed by atoms with Gasteiger partial charge in [0.2, 0.25) is 34.8 Å². The molecule has 0 amide bonds. The van der Waals surface area contributed by atoms with E-state index in [1.807, 2.05) is 0 Å². The zero-order chi connectivity index (χ0) is 37.2. The summed E-state index contributed by atoms with van der Waals surface area (Å²) in [4.78, 5) is 11.7. The third-order valence-corrected chi connectivity index (χ3v) is 7.33. The second-order valence-electron chi connectivity index (χ2n) is 11.6. The fourth-order valence-electron chi connectivity index (χ4n) is 4.50. The van der Waals surface area contributed by atoms with E-state index < -0.39 is 47.2 Å². The van der Waals surface area contributed by atoms with E-state index in [1.54, 1.807) is 0 Å². The molecule has 10 nitrogen and oxygen atoms in total. The van der Waals surface area contributed by atoms with Crippen molar-refractivity contribution in [3.05, 3.63) is 29.1 Å². The minimum atomic E-state index is -2.34. The molecule has 1 rings (SSSR count). The SMILES string of the molecule is CCCCCCCCCCCCCOCCOCCOCCOCCOCCOCCOCCOCCC(=O)Oc1c(F)c(F)c(F)c(F)c1F. The first-order valence-electron chi connectivity index (χ1n) is 18.2. The fraction of sp³-hybridized carbons (Fsp3) is 0.806. The van der Waals surface area contributed by atoms with Crippen molar-refractivity contribution in [1.29, 1.82) is 0 Å². The molecule has 0 atom stereocenters. The summed E-state index contributed by atoms with van der Waals surface area (Å²) in [5.41, 5.74) is 0. The van der Waals surface area contributed by atoms with E-state index in [4.69, 9.17) is 37.9 Å². The van der Waals surface area contributed by atoms with Gasteiger partial charge in [-0.3, -0.25) is 4.79 Å². The Morgan fingerprint density at radius 3 is 1.00 bits per heavy atom. The van der Waals surface area contributed by atoms with E-state index in [2.05, 4.69) is 11.7 Å². The summed E-state index contributed by atoms with van der Waals surface area (Å²) in [7, 11) is 0. The van der Waals surface area contributed by atoms with Gasteiger partial charge in [-0.25, -0.2) is 13.2 Å². The fourth-order valence-corrected chi connectivity index (χ4v) is 4.50. The van der Waals surface area contributed by atoms with Crippen molar-refractivity contribution >= 4 is 5.97 Å². The molecule has 1 aromatic carbocycles.